The van der Waals surface area contributed by atoms with Gasteiger partial charge in [0.2, 0.25) is 11.8 Å². The Bertz CT molecular complexity index is 325. The molecule has 1 amide bonds. The molecular formula is C11H18F6N2O. The van der Waals surface area contributed by atoms with E-state index < -0.39 is 29.7 Å². The molecule has 20 heavy (non-hydrogen) atoms. The lowest BCUT2D eigenvalue weighted by molar-refractivity contribution is -0.274. The molecule has 3 nitrogen and oxygen atoms in total. The molecule has 0 aromatic heterocycles. The molecule has 0 spiro atoms. The average molecular weight is 308 g/mol. The molecule has 9 heteroatoms. The van der Waals surface area contributed by atoms with Crippen LogP contribution in [-0.2, 0) is 4.79 Å². The topological polar surface area (TPSA) is 55.1 Å². The highest BCUT2D eigenvalue weighted by Gasteiger charge is 2.61. The number of halogens is 6. The quantitative estimate of drug-likeness (QED) is 0.767. The van der Waals surface area contributed by atoms with Crippen LogP contribution in [0.2, 0.25) is 0 Å². The Hall–Kier alpha value is -0.990. The molecule has 0 rings (SSSR count). The van der Waals surface area contributed by atoms with Crippen LogP contribution in [0, 0.1) is 11.8 Å². The van der Waals surface area contributed by atoms with Crippen molar-refractivity contribution in [2.75, 3.05) is 6.54 Å². The van der Waals surface area contributed by atoms with Gasteiger partial charge in [-0.15, -0.1) is 0 Å². The van der Waals surface area contributed by atoms with Gasteiger partial charge in [-0.3, -0.25) is 4.79 Å². The SMILES string of the molecule is CC(C)CC(C)(CN)NC(=O)C(C(F)(F)F)C(F)(F)F. The minimum atomic E-state index is -5.70. The van der Waals surface area contributed by atoms with Crippen molar-refractivity contribution in [2.24, 2.45) is 17.6 Å². The van der Waals surface area contributed by atoms with E-state index in [-0.39, 0.29) is 18.9 Å². The van der Waals surface area contributed by atoms with Crippen molar-refractivity contribution >= 4 is 5.91 Å². The van der Waals surface area contributed by atoms with E-state index in [1.165, 1.54) is 6.92 Å². The zero-order valence-corrected chi connectivity index (χ0v) is 11.3. The van der Waals surface area contributed by atoms with Crippen LogP contribution >= 0.6 is 0 Å². The van der Waals surface area contributed by atoms with Crippen molar-refractivity contribution < 1.29 is 31.1 Å². The minimum Gasteiger partial charge on any atom is -0.349 e. The lowest BCUT2D eigenvalue weighted by Gasteiger charge is -2.33. The number of nitrogens with two attached hydrogens (primary N) is 1. The predicted octanol–water partition coefficient (Wildman–Crippen LogP) is 2.61. The average Bonchev–Trinajstić information content (AvgIpc) is 2.10. The third-order valence-electron chi connectivity index (χ3n) is 2.65. The molecular weight excluding hydrogens is 290 g/mol. The molecule has 1 unspecified atom stereocenters. The van der Waals surface area contributed by atoms with Gasteiger partial charge in [0.05, 0.1) is 0 Å². The number of hydrogen-bond acceptors (Lipinski definition) is 2. The largest absolute Gasteiger partial charge is 0.409 e. The van der Waals surface area contributed by atoms with Gasteiger partial charge in [-0.05, 0) is 19.3 Å². The van der Waals surface area contributed by atoms with Gasteiger partial charge >= 0.3 is 12.4 Å². The van der Waals surface area contributed by atoms with Crippen molar-refractivity contribution in [3.05, 3.63) is 0 Å². The van der Waals surface area contributed by atoms with Gasteiger partial charge < -0.3 is 11.1 Å². The Morgan fingerprint density at radius 2 is 1.50 bits per heavy atom. The summed E-state index contributed by atoms with van der Waals surface area (Å²) in [6.45, 7) is 4.48. The van der Waals surface area contributed by atoms with Crippen LogP contribution in [0.5, 0.6) is 0 Å². The summed E-state index contributed by atoms with van der Waals surface area (Å²) < 4.78 is 74.4. The Balaban J connectivity index is 5.21. The lowest BCUT2D eigenvalue weighted by Crippen LogP contribution is -2.58. The molecule has 3 N–H and O–H groups in total. The summed E-state index contributed by atoms with van der Waals surface area (Å²) in [6, 6.07) is 0. The zero-order valence-electron chi connectivity index (χ0n) is 11.3. The van der Waals surface area contributed by atoms with Crippen LogP contribution < -0.4 is 11.1 Å². The first-order valence-corrected chi connectivity index (χ1v) is 5.88. The fourth-order valence-corrected chi connectivity index (χ4v) is 1.94. The second-order valence-electron chi connectivity index (χ2n) is 5.37. The molecule has 0 saturated carbocycles. The van der Waals surface area contributed by atoms with E-state index in [1.807, 2.05) is 0 Å². The molecule has 0 aromatic rings. The fraction of sp³-hybridized carbons (Fsp3) is 0.909. The second kappa shape index (κ2) is 6.19. The first-order valence-electron chi connectivity index (χ1n) is 5.88. The van der Waals surface area contributed by atoms with Gasteiger partial charge in [0.1, 0.15) is 0 Å². The normalized spacial score (nSPS) is 16.4. The maximum Gasteiger partial charge on any atom is 0.409 e. The van der Waals surface area contributed by atoms with Gasteiger partial charge in [0.15, 0.2) is 0 Å². The number of carbonyl (C=O) groups is 1. The lowest BCUT2D eigenvalue weighted by atomic mass is 9.90. The number of amides is 1. The Kier molecular flexibility index (Phi) is 5.89. The predicted molar refractivity (Wildman–Crippen MR) is 60.7 cm³/mol. The number of alkyl halides is 6. The van der Waals surface area contributed by atoms with E-state index in [1.54, 1.807) is 19.2 Å². The number of rotatable bonds is 5. The summed E-state index contributed by atoms with van der Waals surface area (Å²) in [5.74, 6) is -6.23. The Morgan fingerprint density at radius 3 is 1.75 bits per heavy atom. The Labute approximate surface area is 112 Å². The highest BCUT2D eigenvalue weighted by molar-refractivity contribution is 5.81. The summed E-state index contributed by atoms with van der Waals surface area (Å²) in [5, 5.41) is 1.78. The summed E-state index contributed by atoms with van der Waals surface area (Å²) >= 11 is 0. The van der Waals surface area contributed by atoms with Gasteiger partial charge in [-0.25, -0.2) is 0 Å². The standard InChI is InChI=1S/C11H18F6N2O/c1-6(2)4-9(3,5-18)19-8(20)7(10(12,13)14)11(15,16)17/h6-7H,4-5,18H2,1-3H3,(H,19,20). The third-order valence-corrected chi connectivity index (χ3v) is 2.65. The van der Waals surface area contributed by atoms with Crippen molar-refractivity contribution in [1.82, 2.24) is 5.32 Å². The molecule has 0 aliphatic rings. The molecule has 120 valence electrons. The van der Waals surface area contributed by atoms with E-state index in [0.717, 1.165) is 0 Å². The summed E-state index contributed by atoms with van der Waals surface area (Å²) in [7, 11) is 0. The van der Waals surface area contributed by atoms with Gasteiger partial charge in [-0.1, -0.05) is 13.8 Å². The van der Waals surface area contributed by atoms with E-state index in [9.17, 15) is 31.1 Å². The molecule has 0 aliphatic heterocycles. The van der Waals surface area contributed by atoms with Crippen molar-refractivity contribution in [3.63, 3.8) is 0 Å². The van der Waals surface area contributed by atoms with Crippen LogP contribution in [0.3, 0.4) is 0 Å². The third kappa shape index (κ3) is 5.56. The molecule has 1 atom stereocenters. The van der Waals surface area contributed by atoms with Gasteiger partial charge in [0, 0.05) is 12.1 Å². The monoisotopic (exact) mass is 308 g/mol. The summed E-state index contributed by atoms with van der Waals surface area (Å²) in [4.78, 5) is 11.4. The highest BCUT2D eigenvalue weighted by Crippen LogP contribution is 2.39. The molecule has 0 aromatic carbocycles. The number of hydrogen-bond donors (Lipinski definition) is 2. The first-order chi connectivity index (χ1) is 8.73. The maximum absolute atomic E-state index is 12.4. The van der Waals surface area contributed by atoms with Gasteiger partial charge in [-0.2, -0.15) is 26.3 Å². The minimum absolute atomic E-state index is 0.0564. The van der Waals surface area contributed by atoms with E-state index in [2.05, 4.69) is 0 Å². The van der Waals surface area contributed by atoms with Crippen LogP contribution in [-0.4, -0.2) is 30.3 Å². The van der Waals surface area contributed by atoms with Crippen molar-refractivity contribution in [3.8, 4) is 0 Å². The summed E-state index contributed by atoms with van der Waals surface area (Å²) in [6.07, 6.45) is -11.2. The van der Waals surface area contributed by atoms with Crippen molar-refractivity contribution in [1.29, 1.82) is 0 Å². The number of nitrogens with one attached hydrogen (secondary N) is 1. The molecule has 0 heterocycles. The maximum atomic E-state index is 12.4. The van der Waals surface area contributed by atoms with Crippen LogP contribution in [0.1, 0.15) is 27.2 Å². The first kappa shape index (κ1) is 19.0. The smallest absolute Gasteiger partial charge is 0.349 e. The van der Waals surface area contributed by atoms with Gasteiger partial charge in [0.25, 0.3) is 0 Å². The molecule has 0 fully saturated rings. The highest BCUT2D eigenvalue weighted by atomic mass is 19.4. The molecule has 0 radical (unpaired) electrons. The molecule has 0 aliphatic carbocycles. The van der Waals surface area contributed by atoms with E-state index in [4.69, 9.17) is 5.73 Å². The fourth-order valence-electron chi connectivity index (χ4n) is 1.94. The second-order valence-corrected chi connectivity index (χ2v) is 5.37. The van der Waals surface area contributed by atoms with E-state index >= 15 is 0 Å². The summed E-state index contributed by atoms with van der Waals surface area (Å²) in [5.41, 5.74) is 4.03. The molecule has 0 saturated heterocycles. The van der Waals surface area contributed by atoms with Crippen LogP contribution in [0.15, 0.2) is 0 Å². The molecule has 0 bridgehead atoms. The van der Waals surface area contributed by atoms with E-state index in [0.29, 0.717) is 0 Å². The van der Waals surface area contributed by atoms with Crippen LogP contribution in [0.4, 0.5) is 26.3 Å². The number of carbonyl (C=O) groups excluding carboxylic acids is 1. The zero-order chi connectivity index (χ0) is 16.4. The van der Waals surface area contributed by atoms with Crippen LogP contribution in [0.25, 0.3) is 0 Å². The Morgan fingerprint density at radius 1 is 1.10 bits per heavy atom. The van der Waals surface area contributed by atoms with Crippen molar-refractivity contribution in [2.45, 2.75) is 45.1 Å².